The van der Waals surface area contributed by atoms with Crippen LogP contribution in [0.4, 0.5) is 4.79 Å². The van der Waals surface area contributed by atoms with Crippen LogP contribution in [-0.4, -0.2) is 52.7 Å². The minimum Gasteiger partial charge on any atom is -0.371 e. The number of ether oxygens (including phenoxy) is 1. The highest BCUT2D eigenvalue weighted by molar-refractivity contribution is 5.74. The zero-order valence-electron chi connectivity index (χ0n) is 14.3. The number of morpholine rings is 1. The molecule has 1 aromatic heterocycles. The Balaban J connectivity index is 1.23. The molecule has 0 unspecified atom stereocenters. The van der Waals surface area contributed by atoms with Gasteiger partial charge in [-0.15, -0.1) is 0 Å². The maximum Gasteiger partial charge on any atom is 0.317 e. The molecule has 3 aliphatic rings. The van der Waals surface area contributed by atoms with Crippen LogP contribution in [-0.2, 0) is 11.2 Å². The molecule has 0 radical (unpaired) electrons. The van der Waals surface area contributed by atoms with Crippen molar-refractivity contribution in [2.45, 2.75) is 57.2 Å². The second kappa shape index (κ2) is 6.67. The monoisotopic (exact) mass is 330 g/mol. The predicted molar refractivity (Wildman–Crippen MR) is 89.7 cm³/mol. The Morgan fingerprint density at radius 3 is 2.67 bits per heavy atom. The van der Waals surface area contributed by atoms with Crippen LogP contribution >= 0.6 is 0 Å². The molecule has 6 nitrogen and oxygen atoms in total. The normalized spacial score (nSPS) is 27.1. The smallest absolute Gasteiger partial charge is 0.317 e. The molecule has 3 fully saturated rings. The summed E-state index contributed by atoms with van der Waals surface area (Å²) in [4.78, 5) is 23.2. The second-order valence-corrected chi connectivity index (χ2v) is 7.43. The Hall–Kier alpha value is -1.69. The Morgan fingerprint density at radius 2 is 2.00 bits per heavy atom. The quantitative estimate of drug-likeness (QED) is 0.898. The van der Waals surface area contributed by atoms with Gasteiger partial charge in [0.1, 0.15) is 5.82 Å². The number of nitrogens with zero attached hydrogens (tertiary/aromatic N) is 3. The van der Waals surface area contributed by atoms with Crippen LogP contribution in [0.5, 0.6) is 0 Å². The lowest BCUT2D eigenvalue weighted by atomic mass is 10.1. The van der Waals surface area contributed by atoms with E-state index in [0.29, 0.717) is 24.9 Å². The second-order valence-electron chi connectivity index (χ2n) is 7.43. The van der Waals surface area contributed by atoms with Crippen LogP contribution in [0.2, 0.25) is 0 Å². The molecule has 1 N–H and O–H groups in total. The van der Waals surface area contributed by atoms with Crippen molar-refractivity contribution in [2.75, 3.05) is 19.6 Å². The Kier molecular flexibility index (Phi) is 4.39. The van der Waals surface area contributed by atoms with Crippen LogP contribution in [0.1, 0.15) is 49.9 Å². The summed E-state index contributed by atoms with van der Waals surface area (Å²) in [6, 6.07) is 0.0197. The number of hydrogen-bond donors (Lipinski definition) is 1. The van der Waals surface area contributed by atoms with E-state index in [4.69, 9.17) is 4.74 Å². The Morgan fingerprint density at radius 1 is 1.25 bits per heavy atom. The third-order valence-electron chi connectivity index (χ3n) is 5.08. The van der Waals surface area contributed by atoms with Gasteiger partial charge >= 0.3 is 6.03 Å². The number of aromatic nitrogens is 2. The van der Waals surface area contributed by atoms with Crippen molar-refractivity contribution >= 4 is 6.03 Å². The van der Waals surface area contributed by atoms with Gasteiger partial charge < -0.3 is 15.0 Å². The standard InChI is InChI=1S/C18H26N4O2/c1-12-10-22(11-16(24-12)14-2-3-14)18(23)19-7-6-13-8-20-17(21-9-13)15-4-5-15/h8-9,12,14-16H,2-7,10-11H2,1H3,(H,19,23)/t12-,16+/m1/s1. The molecule has 6 heteroatoms. The summed E-state index contributed by atoms with van der Waals surface area (Å²) >= 11 is 0. The van der Waals surface area contributed by atoms with Crippen molar-refractivity contribution in [2.24, 2.45) is 5.92 Å². The number of amides is 2. The van der Waals surface area contributed by atoms with E-state index in [1.54, 1.807) is 0 Å². The molecule has 1 aromatic rings. The van der Waals surface area contributed by atoms with Gasteiger partial charge in [-0.2, -0.15) is 0 Å². The number of nitrogens with one attached hydrogen (secondary N) is 1. The highest BCUT2D eigenvalue weighted by atomic mass is 16.5. The molecular formula is C18H26N4O2. The van der Waals surface area contributed by atoms with Crippen molar-refractivity contribution in [3.63, 3.8) is 0 Å². The van der Waals surface area contributed by atoms with Gasteiger partial charge in [0, 0.05) is 37.9 Å². The summed E-state index contributed by atoms with van der Waals surface area (Å²) in [7, 11) is 0. The van der Waals surface area contributed by atoms with Crippen molar-refractivity contribution < 1.29 is 9.53 Å². The molecule has 24 heavy (non-hydrogen) atoms. The summed E-state index contributed by atoms with van der Waals surface area (Å²) in [6.45, 7) is 4.06. The molecule has 0 aromatic carbocycles. The van der Waals surface area contributed by atoms with Gasteiger partial charge in [0.25, 0.3) is 0 Å². The van der Waals surface area contributed by atoms with Crippen LogP contribution in [0, 0.1) is 5.92 Å². The average Bonchev–Trinajstić information content (AvgIpc) is 3.48. The molecule has 1 aliphatic heterocycles. The Labute approximate surface area is 143 Å². The van der Waals surface area contributed by atoms with Gasteiger partial charge in [0.2, 0.25) is 0 Å². The fourth-order valence-corrected chi connectivity index (χ4v) is 3.35. The first-order valence-corrected chi connectivity index (χ1v) is 9.18. The van der Waals surface area contributed by atoms with E-state index in [2.05, 4.69) is 15.3 Å². The topological polar surface area (TPSA) is 67.4 Å². The summed E-state index contributed by atoms with van der Waals surface area (Å²) in [5.74, 6) is 2.21. The maximum absolute atomic E-state index is 12.4. The average molecular weight is 330 g/mol. The van der Waals surface area contributed by atoms with Gasteiger partial charge in [-0.1, -0.05) is 0 Å². The van der Waals surface area contributed by atoms with Crippen molar-refractivity contribution in [1.29, 1.82) is 0 Å². The van der Waals surface area contributed by atoms with E-state index in [1.807, 2.05) is 24.2 Å². The first-order valence-electron chi connectivity index (χ1n) is 9.18. The zero-order chi connectivity index (χ0) is 16.5. The number of hydrogen-bond acceptors (Lipinski definition) is 4. The Bertz CT molecular complexity index is 583. The lowest BCUT2D eigenvalue weighted by molar-refractivity contribution is -0.0730. The number of rotatable bonds is 5. The molecule has 2 atom stereocenters. The molecule has 2 heterocycles. The lowest BCUT2D eigenvalue weighted by Crippen LogP contribution is -2.53. The van der Waals surface area contributed by atoms with E-state index in [0.717, 1.165) is 24.4 Å². The molecule has 0 spiro atoms. The third-order valence-corrected chi connectivity index (χ3v) is 5.08. The highest BCUT2D eigenvalue weighted by Gasteiger charge is 2.38. The minimum atomic E-state index is 0.0197. The molecule has 130 valence electrons. The van der Waals surface area contributed by atoms with Gasteiger partial charge in [-0.05, 0) is 50.5 Å². The summed E-state index contributed by atoms with van der Waals surface area (Å²) in [6.07, 6.45) is 9.82. The highest BCUT2D eigenvalue weighted by Crippen LogP contribution is 2.37. The first-order chi connectivity index (χ1) is 11.7. The fourth-order valence-electron chi connectivity index (χ4n) is 3.35. The van der Waals surface area contributed by atoms with E-state index >= 15 is 0 Å². The van der Waals surface area contributed by atoms with Crippen LogP contribution < -0.4 is 5.32 Å². The summed E-state index contributed by atoms with van der Waals surface area (Å²) in [5, 5.41) is 3.03. The zero-order valence-corrected chi connectivity index (χ0v) is 14.3. The van der Waals surface area contributed by atoms with Crippen molar-refractivity contribution in [3.8, 4) is 0 Å². The van der Waals surface area contributed by atoms with E-state index in [9.17, 15) is 4.79 Å². The van der Waals surface area contributed by atoms with Crippen molar-refractivity contribution in [3.05, 3.63) is 23.8 Å². The van der Waals surface area contributed by atoms with Crippen LogP contribution in [0.15, 0.2) is 12.4 Å². The van der Waals surface area contributed by atoms with Gasteiger partial charge in [-0.3, -0.25) is 0 Å². The van der Waals surface area contributed by atoms with Gasteiger partial charge in [0.15, 0.2) is 0 Å². The predicted octanol–water partition coefficient (Wildman–Crippen LogP) is 2.11. The molecule has 4 rings (SSSR count). The number of carbonyl (C=O) groups excluding carboxylic acids is 1. The fraction of sp³-hybridized carbons (Fsp3) is 0.722. The minimum absolute atomic E-state index is 0.0197. The van der Waals surface area contributed by atoms with E-state index < -0.39 is 0 Å². The number of urea groups is 1. The summed E-state index contributed by atoms with van der Waals surface area (Å²) < 4.78 is 5.96. The molecule has 2 amide bonds. The SMILES string of the molecule is C[C@@H]1CN(C(=O)NCCc2cnc(C3CC3)nc2)C[C@@H](C2CC2)O1. The summed E-state index contributed by atoms with van der Waals surface area (Å²) in [5.41, 5.74) is 1.07. The lowest BCUT2D eigenvalue weighted by Gasteiger charge is -2.37. The molecule has 1 saturated heterocycles. The molecule has 2 aliphatic carbocycles. The third kappa shape index (κ3) is 3.86. The molecule has 2 saturated carbocycles. The van der Waals surface area contributed by atoms with E-state index in [1.165, 1.54) is 25.7 Å². The largest absolute Gasteiger partial charge is 0.371 e. The van der Waals surface area contributed by atoms with Crippen LogP contribution in [0.25, 0.3) is 0 Å². The van der Waals surface area contributed by atoms with E-state index in [-0.39, 0.29) is 18.2 Å². The first kappa shape index (κ1) is 15.8. The van der Waals surface area contributed by atoms with Crippen LogP contribution in [0.3, 0.4) is 0 Å². The molecule has 0 bridgehead atoms. The van der Waals surface area contributed by atoms with Gasteiger partial charge in [0.05, 0.1) is 12.2 Å². The maximum atomic E-state index is 12.4. The van der Waals surface area contributed by atoms with Crippen molar-refractivity contribution in [1.82, 2.24) is 20.2 Å². The van der Waals surface area contributed by atoms with Gasteiger partial charge in [-0.25, -0.2) is 14.8 Å². The number of carbonyl (C=O) groups is 1. The molecular weight excluding hydrogens is 304 g/mol.